The first kappa shape index (κ1) is 20.7. The highest BCUT2D eigenvalue weighted by Gasteiger charge is 2.43. The number of hydrogen-bond donors (Lipinski definition) is 2. The van der Waals surface area contributed by atoms with Gasteiger partial charge in [0.25, 0.3) is 0 Å². The fourth-order valence-electron chi connectivity index (χ4n) is 4.91. The van der Waals surface area contributed by atoms with Gasteiger partial charge in [-0.1, -0.05) is 27.7 Å². The van der Waals surface area contributed by atoms with E-state index in [0.717, 1.165) is 38.8 Å². The summed E-state index contributed by atoms with van der Waals surface area (Å²) < 4.78 is 5.39. The Balaban J connectivity index is 0.00000264. The molecule has 0 aromatic carbocycles. The first-order chi connectivity index (χ1) is 10.2. The molecule has 2 N–H and O–H groups in total. The van der Waals surface area contributed by atoms with E-state index in [2.05, 4.69) is 38.3 Å². The first-order valence-corrected chi connectivity index (χ1v) is 8.69. The molecule has 0 bridgehead atoms. The van der Waals surface area contributed by atoms with E-state index in [1.807, 2.05) is 0 Å². The largest absolute Gasteiger partial charge is 0.384 e. The van der Waals surface area contributed by atoms with Crippen molar-refractivity contribution in [1.82, 2.24) is 10.6 Å². The Hall–Kier alpha value is -0.320. The van der Waals surface area contributed by atoms with Crippen molar-refractivity contribution in [2.75, 3.05) is 26.8 Å². The fourth-order valence-corrected chi connectivity index (χ4v) is 4.91. The van der Waals surface area contributed by atoms with Crippen LogP contribution in [0.3, 0.4) is 0 Å². The number of amides is 1. The molecule has 0 spiro atoms. The number of carbonyl (C=O) groups excluding carboxylic acids is 1. The second-order valence-electron chi connectivity index (χ2n) is 9.05. The molecule has 1 saturated heterocycles. The molecule has 1 saturated carbocycles. The highest BCUT2D eigenvalue weighted by molar-refractivity contribution is 5.85. The molecular formula is C18H35ClN2O2. The normalized spacial score (nSPS) is 26.1. The SMILES string of the molecule is COCC1(C(=O)NC2CC(C)(C)CC(C)(C)C2)CCNCC1.Cl. The van der Waals surface area contributed by atoms with Gasteiger partial charge in [0.2, 0.25) is 5.91 Å². The van der Waals surface area contributed by atoms with Gasteiger partial charge in [-0.25, -0.2) is 0 Å². The van der Waals surface area contributed by atoms with Gasteiger partial charge in [-0.3, -0.25) is 4.79 Å². The zero-order chi connectivity index (χ0) is 16.4. The second-order valence-corrected chi connectivity index (χ2v) is 9.05. The summed E-state index contributed by atoms with van der Waals surface area (Å²) in [5.41, 5.74) is 0.246. The summed E-state index contributed by atoms with van der Waals surface area (Å²) in [5.74, 6) is 0.203. The van der Waals surface area contributed by atoms with Gasteiger partial charge >= 0.3 is 0 Å². The van der Waals surface area contributed by atoms with E-state index in [1.165, 1.54) is 6.42 Å². The number of methoxy groups -OCH3 is 1. The molecule has 4 nitrogen and oxygen atoms in total. The minimum Gasteiger partial charge on any atom is -0.384 e. The number of ether oxygens (including phenoxy) is 1. The lowest BCUT2D eigenvalue weighted by Crippen LogP contribution is -2.54. The summed E-state index contributed by atoms with van der Waals surface area (Å²) >= 11 is 0. The van der Waals surface area contributed by atoms with Crippen molar-refractivity contribution in [3.8, 4) is 0 Å². The maximum absolute atomic E-state index is 13.0. The van der Waals surface area contributed by atoms with E-state index in [4.69, 9.17) is 4.74 Å². The van der Waals surface area contributed by atoms with Gasteiger partial charge < -0.3 is 15.4 Å². The minimum absolute atomic E-state index is 0. The monoisotopic (exact) mass is 346 g/mol. The quantitative estimate of drug-likeness (QED) is 0.822. The number of nitrogens with one attached hydrogen (secondary N) is 2. The van der Waals surface area contributed by atoms with Crippen molar-refractivity contribution in [1.29, 1.82) is 0 Å². The van der Waals surface area contributed by atoms with E-state index in [1.54, 1.807) is 7.11 Å². The first-order valence-electron chi connectivity index (χ1n) is 8.69. The van der Waals surface area contributed by atoms with Gasteiger partial charge in [0, 0.05) is 13.2 Å². The van der Waals surface area contributed by atoms with Crippen LogP contribution in [-0.4, -0.2) is 38.8 Å². The summed E-state index contributed by atoms with van der Waals surface area (Å²) in [6.45, 7) is 11.6. The molecule has 0 aromatic heterocycles. The maximum atomic E-state index is 13.0. The Morgan fingerprint density at radius 1 is 1.13 bits per heavy atom. The van der Waals surface area contributed by atoms with Crippen LogP contribution < -0.4 is 10.6 Å². The molecule has 0 unspecified atom stereocenters. The molecule has 2 aliphatic rings. The van der Waals surface area contributed by atoms with Crippen LogP contribution in [0.4, 0.5) is 0 Å². The molecule has 1 aliphatic carbocycles. The van der Waals surface area contributed by atoms with Crippen LogP contribution in [0.1, 0.15) is 59.8 Å². The number of piperidine rings is 1. The Labute approximate surface area is 147 Å². The summed E-state index contributed by atoms with van der Waals surface area (Å²) in [7, 11) is 1.70. The third-order valence-corrected chi connectivity index (χ3v) is 5.35. The van der Waals surface area contributed by atoms with Crippen molar-refractivity contribution < 1.29 is 9.53 Å². The van der Waals surface area contributed by atoms with Crippen molar-refractivity contribution in [3.05, 3.63) is 0 Å². The topological polar surface area (TPSA) is 50.4 Å². The van der Waals surface area contributed by atoms with Gasteiger partial charge in [-0.05, 0) is 56.0 Å². The minimum atomic E-state index is -0.342. The number of hydrogen-bond acceptors (Lipinski definition) is 3. The zero-order valence-electron chi connectivity index (χ0n) is 15.5. The Bertz CT molecular complexity index is 382. The van der Waals surface area contributed by atoms with E-state index in [-0.39, 0.29) is 29.8 Å². The lowest BCUT2D eigenvalue weighted by Gasteiger charge is -2.46. The molecule has 0 atom stereocenters. The predicted octanol–water partition coefficient (Wildman–Crippen LogP) is 3.15. The van der Waals surface area contributed by atoms with Crippen molar-refractivity contribution in [2.45, 2.75) is 65.8 Å². The molecule has 1 heterocycles. The molecule has 1 aliphatic heterocycles. The van der Waals surface area contributed by atoms with Crippen LogP contribution >= 0.6 is 12.4 Å². The van der Waals surface area contributed by atoms with E-state index in [0.29, 0.717) is 17.4 Å². The molecule has 1 amide bonds. The maximum Gasteiger partial charge on any atom is 0.228 e. The molecule has 0 aromatic rings. The number of halogens is 1. The Morgan fingerprint density at radius 3 is 2.13 bits per heavy atom. The van der Waals surface area contributed by atoms with E-state index >= 15 is 0 Å². The van der Waals surface area contributed by atoms with Crippen molar-refractivity contribution in [3.63, 3.8) is 0 Å². The lowest BCUT2D eigenvalue weighted by molar-refractivity contribution is -0.137. The van der Waals surface area contributed by atoms with Crippen LogP contribution in [-0.2, 0) is 9.53 Å². The predicted molar refractivity (Wildman–Crippen MR) is 97.0 cm³/mol. The average Bonchev–Trinajstić information content (AvgIpc) is 2.36. The van der Waals surface area contributed by atoms with E-state index in [9.17, 15) is 4.79 Å². The summed E-state index contributed by atoms with van der Waals surface area (Å²) in [6, 6.07) is 0.287. The zero-order valence-corrected chi connectivity index (χ0v) is 16.3. The summed E-state index contributed by atoms with van der Waals surface area (Å²) in [4.78, 5) is 13.0. The third-order valence-electron chi connectivity index (χ3n) is 5.35. The highest BCUT2D eigenvalue weighted by Crippen LogP contribution is 2.46. The standard InChI is InChI=1S/C18H34N2O2.ClH/c1-16(2)10-14(11-17(3,4)12-16)20-15(21)18(13-22-5)6-8-19-9-7-18;/h14,19H,6-13H2,1-5H3,(H,20,21);1H. The van der Waals surface area contributed by atoms with Crippen molar-refractivity contribution >= 4 is 18.3 Å². The molecule has 23 heavy (non-hydrogen) atoms. The number of carbonyl (C=O) groups is 1. The third kappa shape index (κ3) is 5.33. The molecule has 0 radical (unpaired) electrons. The molecule has 2 fully saturated rings. The van der Waals surface area contributed by atoms with Gasteiger partial charge in [0.05, 0.1) is 12.0 Å². The van der Waals surface area contributed by atoms with E-state index < -0.39 is 0 Å². The van der Waals surface area contributed by atoms with Gasteiger partial charge in [0.1, 0.15) is 0 Å². The Kier molecular flexibility index (Phi) is 6.95. The van der Waals surface area contributed by atoms with Gasteiger partial charge in [-0.2, -0.15) is 0 Å². The van der Waals surface area contributed by atoms with Gasteiger partial charge in [-0.15, -0.1) is 12.4 Å². The fraction of sp³-hybridized carbons (Fsp3) is 0.944. The average molecular weight is 347 g/mol. The summed E-state index contributed by atoms with van der Waals surface area (Å²) in [5, 5.41) is 6.73. The lowest BCUT2D eigenvalue weighted by atomic mass is 9.63. The summed E-state index contributed by atoms with van der Waals surface area (Å²) in [6.07, 6.45) is 5.10. The number of rotatable bonds is 4. The molecule has 136 valence electrons. The molecule has 2 rings (SSSR count). The second kappa shape index (κ2) is 7.71. The van der Waals surface area contributed by atoms with Crippen LogP contribution in [0.2, 0.25) is 0 Å². The smallest absolute Gasteiger partial charge is 0.228 e. The molecule has 5 heteroatoms. The van der Waals surface area contributed by atoms with Crippen LogP contribution in [0.5, 0.6) is 0 Å². The van der Waals surface area contributed by atoms with Gasteiger partial charge in [0.15, 0.2) is 0 Å². The van der Waals surface area contributed by atoms with Crippen LogP contribution in [0.15, 0.2) is 0 Å². The Morgan fingerprint density at radius 2 is 1.65 bits per heavy atom. The molecular weight excluding hydrogens is 312 g/mol. The van der Waals surface area contributed by atoms with Crippen LogP contribution in [0.25, 0.3) is 0 Å². The van der Waals surface area contributed by atoms with Crippen molar-refractivity contribution in [2.24, 2.45) is 16.2 Å². The van der Waals surface area contributed by atoms with Crippen LogP contribution in [0, 0.1) is 16.2 Å². The highest BCUT2D eigenvalue weighted by atomic mass is 35.5.